The minimum atomic E-state index is -1.18. The van der Waals surface area contributed by atoms with E-state index < -0.39 is 12.3 Å². The van der Waals surface area contributed by atoms with Gasteiger partial charge in [-0.1, -0.05) is 51.5 Å². The van der Waals surface area contributed by atoms with Crippen LogP contribution in [0.2, 0.25) is 0 Å². The SMILES string of the molecule is C=C1C[C@@H](O)[C@H]2C(C)(C)CCC[C@]2(C)[C@H]1/C=C/C1=CC(=O)OC1O. The number of hydrogen-bond donors (Lipinski definition) is 2. The Morgan fingerprint density at radius 3 is 2.62 bits per heavy atom. The molecule has 2 aliphatic carbocycles. The lowest BCUT2D eigenvalue weighted by molar-refractivity contribution is -0.150. The maximum Gasteiger partial charge on any atom is 0.333 e. The molecule has 0 aromatic carbocycles. The van der Waals surface area contributed by atoms with Crippen LogP contribution in [0.5, 0.6) is 0 Å². The van der Waals surface area contributed by atoms with E-state index in [1.165, 1.54) is 6.08 Å². The Kier molecular flexibility index (Phi) is 4.25. The summed E-state index contributed by atoms with van der Waals surface area (Å²) in [5, 5.41) is 20.5. The molecule has 2 fully saturated rings. The number of cyclic esters (lactones) is 1. The maximum atomic E-state index is 11.3. The van der Waals surface area contributed by atoms with Crippen molar-refractivity contribution in [1.29, 1.82) is 0 Å². The second-order valence-corrected chi connectivity index (χ2v) is 8.53. The molecule has 5 atom stereocenters. The highest BCUT2D eigenvalue weighted by atomic mass is 16.6. The van der Waals surface area contributed by atoms with Gasteiger partial charge < -0.3 is 14.9 Å². The second kappa shape index (κ2) is 5.85. The molecule has 0 aromatic rings. The molecule has 3 aliphatic rings. The van der Waals surface area contributed by atoms with E-state index in [0.29, 0.717) is 12.0 Å². The lowest BCUT2D eigenvalue weighted by atomic mass is 9.47. The molecule has 0 radical (unpaired) electrons. The molecule has 2 saturated carbocycles. The Morgan fingerprint density at radius 2 is 2.00 bits per heavy atom. The van der Waals surface area contributed by atoms with Crippen LogP contribution in [-0.4, -0.2) is 28.6 Å². The number of allylic oxidation sites excluding steroid dienone is 1. The highest BCUT2D eigenvalue weighted by molar-refractivity contribution is 5.86. The first kappa shape index (κ1) is 17.4. The van der Waals surface area contributed by atoms with E-state index >= 15 is 0 Å². The van der Waals surface area contributed by atoms with Gasteiger partial charge in [0.15, 0.2) is 0 Å². The van der Waals surface area contributed by atoms with Crippen molar-refractivity contribution in [1.82, 2.24) is 0 Å². The monoisotopic (exact) mass is 332 g/mol. The van der Waals surface area contributed by atoms with Gasteiger partial charge in [0.25, 0.3) is 0 Å². The minimum absolute atomic E-state index is 0.0675. The van der Waals surface area contributed by atoms with Crippen molar-refractivity contribution in [2.75, 3.05) is 0 Å². The molecule has 4 heteroatoms. The number of carbonyl (C=O) groups is 1. The Bertz CT molecular complexity index is 615. The molecular formula is C20H28O4. The van der Waals surface area contributed by atoms with Crippen LogP contribution in [0.1, 0.15) is 46.5 Å². The minimum Gasteiger partial charge on any atom is -0.428 e. The standard InChI is InChI=1S/C20H28O4/c1-12-10-15(21)17-19(2,3)8-5-9-20(17,4)14(12)7-6-13-11-16(22)24-18(13)23/h6-7,11,14-15,17-18,21,23H,1,5,8-10H2,2-4H3/b7-6+/t14-,15+,17-,18?,20+/m0/s1. The fraction of sp³-hybridized carbons (Fsp3) is 0.650. The molecular weight excluding hydrogens is 304 g/mol. The average Bonchev–Trinajstić information content (AvgIpc) is 2.74. The molecule has 0 aromatic heterocycles. The highest BCUT2D eigenvalue weighted by Gasteiger charge is 2.55. The fourth-order valence-electron chi connectivity index (χ4n) is 5.53. The molecule has 3 rings (SSSR count). The summed E-state index contributed by atoms with van der Waals surface area (Å²) < 4.78 is 4.73. The van der Waals surface area contributed by atoms with Crippen LogP contribution in [0, 0.1) is 22.7 Å². The summed E-state index contributed by atoms with van der Waals surface area (Å²) in [6.45, 7) is 11.0. The van der Waals surface area contributed by atoms with Gasteiger partial charge in [-0.2, -0.15) is 0 Å². The van der Waals surface area contributed by atoms with Crippen molar-refractivity contribution >= 4 is 5.97 Å². The topological polar surface area (TPSA) is 66.8 Å². The van der Waals surface area contributed by atoms with Gasteiger partial charge in [-0.05, 0) is 36.0 Å². The van der Waals surface area contributed by atoms with E-state index in [-0.39, 0.29) is 28.8 Å². The van der Waals surface area contributed by atoms with Crippen molar-refractivity contribution in [3.05, 3.63) is 36.0 Å². The summed E-state index contributed by atoms with van der Waals surface area (Å²) in [5.41, 5.74) is 1.52. The molecule has 24 heavy (non-hydrogen) atoms. The molecule has 1 aliphatic heterocycles. The zero-order chi connectivity index (χ0) is 17.7. The van der Waals surface area contributed by atoms with E-state index in [0.717, 1.165) is 24.8 Å². The van der Waals surface area contributed by atoms with Gasteiger partial charge in [0.2, 0.25) is 6.29 Å². The van der Waals surface area contributed by atoms with E-state index in [4.69, 9.17) is 4.74 Å². The average molecular weight is 332 g/mol. The number of aliphatic hydroxyl groups excluding tert-OH is 2. The number of rotatable bonds is 2. The predicted octanol–water partition coefficient (Wildman–Crippen LogP) is 3.11. The van der Waals surface area contributed by atoms with Gasteiger partial charge in [0.05, 0.1) is 6.10 Å². The molecule has 132 valence electrons. The van der Waals surface area contributed by atoms with E-state index in [1.54, 1.807) is 6.08 Å². The zero-order valence-corrected chi connectivity index (χ0v) is 14.8. The summed E-state index contributed by atoms with van der Waals surface area (Å²) in [6.07, 6.45) is 7.53. The second-order valence-electron chi connectivity index (χ2n) is 8.53. The molecule has 0 spiro atoms. The van der Waals surface area contributed by atoms with Crippen LogP contribution in [0.4, 0.5) is 0 Å². The fourth-order valence-corrected chi connectivity index (χ4v) is 5.53. The number of hydrogen-bond acceptors (Lipinski definition) is 4. The quantitative estimate of drug-likeness (QED) is 0.602. The Hall–Kier alpha value is -1.39. The van der Waals surface area contributed by atoms with Crippen LogP contribution in [-0.2, 0) is 9.53 Å². The van der Waals surface area contributed by atoms with Crippen molar-refractivity contribution in [2.45, 2.75) is 58.8 Å². The number of fused-ring (bicyclic) bond motifs is 1. The van der Waals surface area contributed by atoms with Crippen molar-refractivity contribution in [2.24, 2.45) is 22.7 Å². The Balaban J connectivity index is 1.93. The third kappa shape index (κ3) is 2.76. The van der Waals surface area contributed by atoms with Gasteiger partial charge in [0, 0.05) is 17.6 Å². The third-order valence-corrected chi connectivity index (χ3v) is 6.37. The molecule has 4 nitrogen and oxygen atoms in total. The Morgan fingerprint density at radius 1 is 1.29 bits per heavy atom. The van der Waals surface area contributed by atoms with Crippen molar-refractivity contribution in [3.8, 4) is 0 Å². The van der Waals surface area contributed by atoms with Gasteiger partial charge >= 0.3 is 5.97 Å². The van der Waals surface area contributed by atoms with E-state index in [2.05, 4.69) is 27.4 Å². The van der Waals surface area contributed by atoms with E-state index in [1.807, 2.05) is 6.08 Å². The first-order valence-electron chi connectivity index (χ1n) is 8.79. The first-order chi connectivity index (χ1) is 11.1. The molecule has 1 unspecified atom stereocenters. The maximum absolute atomic E-state index is 11.3. The summed E-state index contributed by atoms with van der Waals surface area (Å²) in [4.78, 5) is 11.3. The Labute approximate surface area is 143 Å². The third-order valence-electron chi connectivity index (χ3n) is 6.37. The lowest BCUT2D eigenvalue weighted by Crippen LogP contribution is -2.55. The number of ether oxygens (including phenoxy) is 1. The zero-order valence-electron chi connectivity index (χ0n) is 14.8. The predicted molar refractivity (Wildman–Crippen MR) is 91.8 cm³/mol. The van der Waals surface area contributed by atoms with Gasteiger partial charge in [0.1, 0.15) is 0 Å². The number of carbonyl (C=O) groups excluding carboxylic acids is 1. The highest BCUT2D eigenvalue weighted by Crippen LogP contribution is 2.61. The summed E-state index contributed by atoms with van der Waals surface area (Å²) in [7, 11) is 0. The first-order valence-corrected chi connectivity index (χ1v) is 8.79. The lowest BCUT2D eigenvalue weighted by Gasteiger charge is -2.59. The van der Waals surface area contributed by atoms with Crippen LogP contribution < -0.4 is 0 Å². The van der Waals surface area contributed by atoms with Gasteiger partial charge in [-0.3, -0.25) is 0 Å². The molecule has 0 saturated heterocycles. The van der Waals surface area contributed by atoms with Gasteiger partial charge in [-0.15, -0.1) is 0 Å². The van der Waals surface area contributed by atoms with E-state index in [9.17, 15) is 15.0 Å². The van der Waals surface area contributed by atoms with Crippen LogP contribution in [0.25, 0.3) is 0 Å². The molecule has 0 amide bonds. The normalized spacial score (nSPS) is 42.0. The number of aliphatic hydroxyl groups is 2. The van der Waals surface area contributed by atoms with Crippen LogP contribution in [0.3, 0.4) is 0 Å². The summed E-state index contributed by atoms with van der Waals surface area (Å²) >= 11 is 0. The van der Waals surface area contributed by atoms with Crippen LogP contribution >= 0.6 is 0 Å². The van der Waals surface area contributed by atoms with Crippen LogP contribution in [0.15, 0.2) is 36.0 Å². The smallest absolute Gasteiger partial charge is 0.333 e. The summed E-state index contributed by atoms with van der Waals surface area (Å²) in [5.74, 6) is -0.184. The van der Waals surface area contributed by atoms with Crippen molar-refractivity contribution in [3.63, 3.8) is 0 Å². The molecule has 1 heterocycles. The number of esters is 1. The largest absolute Gasteiger partial charge is 0.428 e. The molecule has 0 bridgehead atoms. The van der Waals surface area contributed by atoms with Gasteiger partial charge in [-0.25, -0.2) is 4.79 Å². The molecule has 2 N–H and O–H groups in total. The van der Waals surface area contributed by atoms with Crippen molar-refractivity contribution < 1.29 is 19.7 Å². The summed E-state index contributed by atoms with van der Waals surface area (Å²) in [6, 6.07) is 0.